The minimum atomic E-state index is 0.446. The van der Waals surface area contributed by atoms with Gasteiger partial charge in [-0.3, -0.25) is 0 Å². The highest BCUT2D eigenvalue weighted by atomic mass is 16.3. The van der Waals surface area contributed by atoms with Crippen LogP contribution in [0.3, 0.4) is 0 Å². The van der Waals surface area contributed by atoms with Gasteiger partial charge in [0.2, 0.25) is 0 Å². The van der Waals surface area contributed by atoms with Crippen molar-refractivity contribution in [2.45, 2.75) is 59.8 Å². The summed E-state index contributed by atoms with van der Waals surface area (Å²) in [5.41, 5.74) is 3.90. The maximum atomic E-state index is 9.88. The number of hydrogen-bond acceptors (Lipinski definition) is 1. The van der Waals surface area contributed by atoms with Crippen molar-refractivity contribution in [3.05, 3.63) is 28.8 Å². The molecule has 1 aliphatic carbocycles. The van der Waals surface area contributed by atoms with Gasteiger partial charge >= 0.3 is 0 Å². The normalized spacial score (nSPS) is 27.2. The first-order chi connectivity index (χ1) is 8.28. The highest BCUT2D eigenvalue weighted by molar-refractivity contribution is 5.43. The lowest BCUT2D eigenvalue weighted by Gasteiger charge is -2.39. The van der Waals surface area contributed by atoms with E-state index in [4.69, 9.17) is 0 Å². The Morgan fingerprint density at radius 1 is 1.11 bits per heavy atom. The number of hydrogen-bond donors (Lipinski definition) is 1. The Balaban J connectivity index is 2.31. The first-order valence-corrected chi connectivity index (χ1v) is 7.08. The van der Waals surface area contributed by atoms with E-state index in [0.717, 1.165) is 17.0 Å². The van der Waals surface area contributed by atoms with Crippen LogP contribution < -0.4 is 0 Å². The topological polar surface area (TPSA) is 20.2 Å². The summed E-state index contributed by atoms with van der Waals surface area (Å²) in [5, 5.41) is 9.88. The Morgan fingerprint density at radius 3 is 2.17 bits per heavy atom. The summed E-state index contributed by atoms with van der Waals surface area (Å²) >= 11 is 0. The zero-order valence-electron chi connectivity index (χ0n) is 12.4. The number of rotatable bonds is 1. The van der Waals surface area contributed by atoms with E-state index in [0.29, 0.717) is 17.1 Å². The fourth-order valence-corrected chi connectivity index (χ4v) is 3.83. The van der Waals surface area contributed by atoms with Crippen molar-refractivity contribution in [3.8, 4) is 5.75 Å². The monoisotopic (exact) mass is 246 g/mol. The molecule has 1 aromatic carbocycles. The van der Waals surface area contributed by atoms with E-state index in [-0.39, 0.29) is 0 Å². The Labute approximate surface area is 111 Å². The molecule has 0 spiro atoms. The third kappa shape index (κ3) is 2.71. The first kappa shape index (κ1) is 13.5. The van der Waals surface area contributed by atoms with Gasteiger partial charge in [0.15, 0.2) is 0 Å². The molecule has 0 bridgehead atoms. The zero-order valence-corrected chi connectivity index (χ0v) is 12.4. The van der Waals surface area contributed by atoms with E-state index >= 15 is 0 Å². The van der Waals surface area contributed by atoms with Crippen LogP contribution in [0.1, 0.15) is 62.6 Å². The second kappa shape index (κ2) is 4.60. The standard InChI is InChI=1S/C17H26O/c1-11-6-15(10-17(4,5)9-11)14-7-12(2)16(18)13(3)8-14/h7-8,11,15,18H,6,9-10H2,1-5H3/t11?,15-/m0/s1. The maximum absolute atomic E-state index is 9.88. The highest BCUT2D eigenvalue weighted by Gasteiger charge is 2.32. The molecule has 2 rings (SSSR count). The number of benzene rings is 1. The number of phenols is 1. The molecule has 1 unspecified atom stereocenters. The zero-order chi connectivity index (χ0) is 13.5. The van der Waals surface area contributed by atoms with Crippen molar-refractivity contribution in [2.75, 3.05) is 0 Å². The summed E-state index contributed by atoms with van der Waals surface area (Å²) in [5.74, 6) is 1.91. The van der Waals surface area contributed by atoms with Crippen LogP contribution >= 0.6 is 0 Å². The average Bonchev–Trinajstić information content (AvgIpc) is 2.22. The van der Waals surface area contributed by atoms with Gasteiger partial charge in [0.05, 0.1) is 0 Å². The van der Waals surface area contributed by atoms with Gasteiger partial charge in [-0.25, -0.2) is 0 Å². The number of phenolic OH excluding ortho intramolecular Hbond substituents is 1. The molecule has 1 nitrogen and oxygen atoms in total. The van der Waals surface area contributed by atoms with E-state index < -0.39 is 0 Å². The van der Waals surface area contributed by atoms with Crippen LogP contribution in [-0.2, 0) is 0 Å². The summed E-state index contributed by atoms with van der Waals surface area (Å²) in [6.07, 6.45) is 3.88. The number of aromatic hydroxyl groups is 1. The van der Waals surface area contributed by atoms with Gasteiger partial charge < -0.3 is 5.11 Å². The molecular formula is C17H26O. The quantitative estimate of drug-likeness (QED) is 0.744. The van der Waals surface area contributed by atoms with Crippen molar-refractivity contribution >= 4 is 0 Å². The molecular weight excluding hydrogens is 220 g/mol. The Bertz CT molecular complexity index is 422. The minimum Gasteiger partial charge on any atom is -0.507 e. The van der Waals surface area contributed by atoms with E-state index in [9.17, 15) is 5.11 Å². The molecule has 0 radical (unpaired) electrons. The van der Waals surface area contributed by atoms with Crippen LogP contribution in [0.5, 0.6) is 5.75 Å². The predicted molar refractivity (Wildman–Crippen MR) is 77.1 cm³/mol. The molecule has 0 amide bonds. The molecule has 1 heteroatoms. The summed E-state index contributed by atoms with van der Waals surface area (Å²) in [6.45, 7) is 11.1. The molecule has 0 heterocycles. The van der Waals surface area contributed by atoms with Gasteiger partial charge in [-0.05, 0) is 67.1 Å². The molecule has 0 aliphatic heterocycles. The molecule has 100 valence electrons. The van der Waals surface area contributed by atoms with Crippen molar-refractivity contribution in [1.82, 2.24) is 0 Å². The van der Waals surface area contributed by atoms with Gasteiger partial charge in [0.1, 0.15) is 5.75 Å². The smallest absolute Gasteiger partial charge is 0.121 e. The van der Waals surface area contributed by atoms with E-state index in [1.54, 1.807) is 0 Å². The fraction of sp³-hybridized carbons (Fsp3) is 0.647. The third-order valence-electron chi connectivity index (χ3n) is 4.37. The minimum absolute atomic E-state index is 0.446. The SMILES string of the molecule is Cc1cc([C@H]2CC(C)CC(C)(C)C2)cc(C)c1O. The lowest BCUT2D eigenvalue weighted by Crippen LogP contribution is -2.26. The molecule has 18 heavy (non-hydrogen) atoms. The Hall–Kier alpha value is -0.980. The highest BCUT2D eigenvalue weighted by Crippen LogP contribution is 2.46. The second-order valence-corrected chi connectivity index (χ2v) is 7.11. The molecule has 1 aromatic rings. The van der Waals surface area contributed by atoms with E-state index in [1.165, 1.54) is 24.8 Å². The fourth-order valence-electron chi connectivity index (χ4n) is 3.83. The second-order valence-electron chi connectivity index (χ2n) is 7.11. The van der Waals surface area contributed by atoms with Crippen LogP contribution in [0.4, 0.5) is 0 Å². The molecule has 2 atom stereocenters. The van der Waals surface area contributed by atoms with Gasteiger partial charge in [-0.1, -0.05) is 32.9 Å². The largest absolute Gasteiger partial charge is 0.507 e. The Kier molecular flexibility index (Phi) is 3.44. The van der Waals surface area contributed by atoms with Crippen LogP contribution in [-0.4, -0.2) is 5.11 Å². The van der Waals surface area contributed by atoms with Gasteiger partial charge in [0, 0.05) is 0 Å². The van der Waals surface area contributed by atoms with Crippen molar-refractivity contribution in [3.63, 3.8) is 0 Å². The van der Waals surface area contributed by atoms with Crippen molar-refractivity contribution < 1.29 is 5.11 Å². The maximum Gasteiger partial charge on any atom is 0.121 e. The predicted octanol–water partition coefficient (Wildman–Crippen LogP) is 4.94. The molecule has 1 saturated carbocycles. The summed E-state index contributed by atoms with van der Waals surface area (Å²) < 4.78 is 0. The van der Waals surface area contributed by atoms with Crippen LogP contribution in [0.25, 0.3) is 0 Å². The van der Waals surface area contributed by atoms with Gasteiger partial charge in [-0.2, -0.15) is 0 Å². The molecule has 1 aliphatic rings. The van der Waals surface area contributed by atoms with Crippen LogP contribution in [0.15, 0.2) is 12.1 Å². The molecule has 1 fully saturated rings. The third-order valence-corrected chi connectivity index (χ3v) is 4.37. The average molecular weight is 246 g/mol. The number of aryl methyl sites for hydroxylation is 2. The van der Waals surface area contributed by atoms with E-state index in [2.05, 4.69) is 32.9 Å². The summed E-state index contributed by atoms with van der Waals surface area (Å²) in [6, 6.07) is 4.36. The Morgan fingerprint density at radius 2 is 1.67 bits per heavy atom. The molecule has 0 saturated heterocycles. The van der Waals surface area contributed by atoms with E-state index in [1.807, 2.05) is 13.8 Å². The summed E-state index contributed by atoms with van der Waals surface area (Å²) in [4.78, 5) is 0. The summed E-state index contributed by atoms with van der Waals surface area (Å²) in [7, 11) is 0. The first-order valence-electron chi connectivity index (χ1n) is 7.08. The molecule has 1 N–H and O–H groups in total. The lowest BCUT2D eigenvalue weighted by atomic mass is 9.66. The van der Waals surface area contributed by atoms with Crippen molar-refractivity contribution in [1.29, 1.82) is 0 Å². The molecule has 0 aromatic heterocycles. The van der Waals surface area contributed by atoms with Crippen LogP contribution in [0, 0.1) is 25.2 Å². The van der Waals surface area contributed by atoms with Crippen LogP contribution in [0.2, 0.25) is 0 Å². The van der Waals surface area contributed by atoms with Crippen molar-refractivity contribution in [2.24, 2.45) is 11.3 Å². The lowest BCUT2D eigenvalue weighted by molar-refractivity contribution is 0.168. The van der Waals surface area contributed by atoms with Gasteiger partial charge in [0.25, 0.3) is 0 Å². The van der Waals surface area contributed by atoms with Gasteiger partial charge in [-0.15, -0.1) is 0 Å².